The molecule has 2 fully saturated rings. The van der Waals surface area contributed by atoms with Gasteiger partial charge in [-0.2, -0.15) is 0 Å². The van der Waals surface area contributed by atoms with Crippen molar-refractivity contribution in [3.8, 4) is 0 Å². The Morgan fingerprint density at radius 3 is 2.11 bits per heavy atom. The number of esters is 1. The fraction of sp³-hybridized carbons (Fsp3) is 0.867. The molecule has 18 heavy (non-hydrogen) atoms. The van der Waals surface area contributed by atoms with E-state index in [-0.39, 0.29) is 11.9 Å². The Labute approximate surface area is 109 Å². The van der Waals surface area contributed by atoms with E-state index in [1.165, 1.54) is 20.0 Å². The molecule has 0 amide bonds. The first-order chi connectivity index (χ1) is 8.70. The number of hydrogen-bond acceptors (Lipinski definition) is 3. The molecule has 102 valence electrons. The number of methoxy groups -OCH3 is 1. The van der Waals surface area contributed by atoms with Crippen LogP contribution < -0.4 is 0 Å². The van der Waals surface area contributed by atoms with Crippen LogP contribution in [0.2, 0.25) is 0 Å². The van der Waals surface area contributed by atoms with Crippen molar-refractivity contribution in [2.75, 3.05) is 7.11 Å². The second-order valence-electron chi connectivity index (χ2n) is 5.89. The van der Waals surface area contributed by atoms with Gasteiger partial charge in [-0.3, -0.25) is 9.59 Å². The molecule has 2 aliphatic rings. The first kappa shape index (κ1) is 13.6. The number of carbonyl (C=O) groups excluding carboxylic acids is 2. The zero-order chi connectivity index (χ0) is 13.0. The summed E-state index contributed by atoms with van der Waals surface area (Å²) in [6, 6.07) is 0. The van der Waals surface area contributed by atoms with Crippen LogP contribution in [-0.2, 0) is 14.3 Å². The van der Waals surface area contributed by atoms with Crippen LogP contribution >= 0.6 is 0 Å². The van der Waals surface area contributed by atoms with Crippen molar-refractivity contribution >= 4 is 11.8 Å². The Bertz CT molecular complexity index is 297. The Kier molecular flexibility index (Phi) is 4.79. The van der Waals surface area contributed by atoms with Crippen LogP contribution in [0.5, 0.6) is 0 Å². The molecule has 0 unspecified atom stereocenters. The predicted octanol–water partition coefficient (Wildman–Crippen LogP) is 3.12. The number of rotatable bonds is 4. The Balaban J connectivity index is 1.73. The van der Waals surface area contributed by atoms with Crippen LogP contribution in [0.25, 0.3) is 0 Å². The van der Waals surface area contributed by atoms with Crippen molar-refractivity contribution in [3.05, 3.63) is 0 Å². The van der Waals surface area contributed by atoms with E-state index < -0.39 is 0 Å². The minimum absolute atomic E-state index is 0.0735. The molecule has 0 N–H and O–H groups in total. The van der Waals surface area contributed by atoms with Crippen molar-refractivity contribution in [2.24, 2.45) is 17.8 Å². The van der Waals surface area contributed by atoms with E-state index in [1.807, 2.05) is 0 Å². The van der Waals surface area contributed by atoms with Gasteiger partial charge in [0, 0.05) is 12.3 Å². The van der Waals surface area contributed by atoms with Gasteiger partial charge < -0.3 is 4.74 Å². The summed E-state index contributed by atoms with van der Waals surface area (Å²) in [6.45, 7) is 0. The molecule has 0 spiro atoms. The number of ether oxygens (including phenoxy) is 1. The van der Waals surface area contributed by atoms with Crippen LogP contribution in [0, 0.1) is 17.8 Å². The summed E-state index contributed by atoms with van der Waals surface area (Å²) in [7, 11) is 1.46. The second kappa shape index (κ2) is 6.35. The average molecular weight is 252 g/mol. The van der Waals surface area contributed by atoms with Gasteiger partial charge in [-0.15, -0.1) is 0 Å². The summed E-state index contributed by atoms with van der Waals surface area (Å²) in [5, 5.41) is 0. The standard InChI is InChI=1S/C15H24O3/c1-18-15(17)13-8-6-11(7-9-13)10-14(16)12-4-2-3-5-12/h11-13H,2-10H2,1H3. The van der Waals surface area contributed by atoms with E-state index in [1.54, 1.807) is 0 Å². The van der Waals surface area contributed by atoms with Crippen molar-refractivity contribution in [1.82, 2.24) is 0 Å². The Morgan fingerprint density at radius 1 is 0.944 bits per heavy atom. The van der Waals surface area contributed by atoms with Gasteiger partial charge >= 0.3 is 5.97 Å². The van der Waals surface area contributed by atoms with E-state index in [0.29, 0.717) is 17.6 Å². The smallest absolute Gasteiger partial charge is 0.308 e. The number of hydrogen-bond donors (Lipinski definition) is 0. The highest BCUT2D eigenvalue weighted by molar-refractivity contribution is 5.81. The minimum Gasteiger partial charge on any atom is -0.469 e. The van der Waals surface area contributed by atoms with E-state index in [2.05, 4.69) is 0 Å². The van der Waals surface area contributed by atoms with E-state index >= 15 is 0 Å². The van der Waals surface area contributed by atoms with Crippen LogP contribution in [-0.4, -0.2) is 18.9 Å². The lowest BCUT2D eigenvalue weighted by Gasteiger charge is -2.27. The molecule has 0 radical (unpaired) electrons. The molecule has 2 rings (SSSR count). The highest BCUT2D eigenvalue weighted by Gasteiger charge is 2.30. The van der Waals surface area contributed by atoms with Crippen molar-refractivity contribution < 1.29 is 14.3 Å². The quantitative estimate of drug-likeness (QED) is 0.722. The number of carbonyl (C=O) groups is 2. The molecule has 0 saturated heterocycles. The van der Waals surface area contributed by atoms with Crippen LogP contribution in [0.1, 0.15) is 57.8 Å². The molecule has 0 aromatic rings. The SMILES string of the molecule is COC(=O)C1CCC(CC(=O)C2CCCC2)CC1. The molecule has 0 aromatic carbocycles. The molecule has 0 heterocycles. The molecule has 3 heteroatoms. The third-order valence-corrected chi connectivity index (χ3v) is 4.68. The third kappa shape index (κ3) is 3.33. The molecule has 0 atom stereocenters. The van der Waals surface area contributed by atoms with Gasteiger partial charge in [-0.05, 0) is 44.4 Å². The fourth-order valence-electron chi connectivity index (χ4n) is 3.47. The van der Waals surface area contributed by atoms with Gasteiger partial charge in [0.1, 0.15) is 5.78 Å². The van der Waals surface area contributed by atoms with E-state index in [9.17, 15) is 9.59 Å². The summed E-state index contributed by atoms with van der Waals surface area (Å²) in [5.74, 6) is 1.35. The molecular formula is C15H24O3. The predicted molar refractivity (Wildman–Crippen MR) is 69.0 cm³/mol. The lowest BCUT2D eigenvalue weighted by Crippen LogP contribution is -2.25. The molecule has 3 nitrogen and oxygen atoms in total. The summed E-state index contributed by atoms with van der Waals surface area (Å²) in [5.41, 5.74) is 0. The van der Waals surface area contributed by atoms with Crippen molar-refractivity contribution in [2.45, 2.75) is 57.8 Å². The first-order valence-corrected chi connectivity index (χ1v) is 7.31. The normalized spacial score (nSPS) is 29.2. The first-order valence-electron chi connectivity index (χ1n) is 7.31. The topological polar surface area (TPSA) is 43.4 Å². The number of Topliss-reactive ketones (excluding diaryl/α,β-unsaturated/α-hetero) is 1. The second-order valence-corrected chi connectivity index (χ2v) is 5.89. The van der Waals surface area contributed by atoms with Crippen LogP contribution in [0.4, 0.5) is 0 Å². The number of ketones is 1. The zero-order valence-corrected chi connectivity index (χ0v) is 11.3. The van der Waals surface area contributed by atoms with Gasteiger partial charge in [0.05, 0.1) is 13.0 Å². The zero-order valence-electron chi connectivity index (χ0n) is 11.3. The minimum atomic E-state index is -0.0735. The lowest BCUT2D eigenvalue weighted by atomic mass is 9.78. The highest BCUT2D eigenvalue weighted by atomic mass is 16.5. The molecule has 0 aliphatic heterocycles. The van der Waals surface area contributed by atoms with Crippen molar-refractivity contribution in [3.63, 3.8) is 0 Å². The van der Waals surface area contributed by atoms with Gasteiger partial charge in [-0.1, -0.05) is 12.8 Å². The fourth-order valence-corrected chi connectivity index (χ4v) is 3.47. The van der Waals surface area contributed by atoms with E-state index in [0.717, 1.165) is 44.9 Å². The average Bonchev–Trinajstić information content (AvgIpc) is 2.92. The van der Waals surface area contributed by atoms with Gasteiger partial charge in [-0.25, -0.2) is 0 Å². The summed E-state index contributed by atoms with van der Waals surface area (Å²) in [4.78, 5) is 23.5. The molecule has 2 saturated carbocycles. The Hall–Kier alpha value is -0.860. The largest absolute Gasteiger partial charge is 0.469 e. The van der Waals surface area contributed by atoms with E-state index in [4.69, 9.17) is 4.74 Å². The molecular weight excluding hydrogens is 228 g/mol. The molecule has 0 bridgehead atoms. The maximum absolute atomic E-state index is 12.1. The monoisotopic (exact) mass is 252 g/mol. The lowest BCUT2D eigenvalue weighted by molar-refractivity contribution is -0.146. The summed E-state index contributed by atoms with van der Waals surface area (Å²) < 4.78 is 4.78. The van der Waals surface area contributed by atoms with Gasteiger partial charge in [0.25, 0.3) is 0 Å². The highest BCUT2D eigenvalue weighted by Crippen LogP contribution is 2.34. The summed E-state index contributed by atoms with van der Waals surface area (Å²) in [6.07, 6.45) is 9.24. The molecule has 0 aromatic heterocycles. The van der Waals surface area contributed by atoms with Crippen LogP contribution in [0.3, 0.4) is 0 Å². The van der Waals surface area contributed by atoms with Gasteiger partial charge in [0.15, 0.2) is 0 Å². The Morgan fingerprint density at radius 2 is 1.56 bits per heavy atom. The van der Waals surface area contributed by atoms with Crippen LogP contribution in [0.15, 0.2) is 0 Å². The maximum Gasteiger partial charge on any atom is 0.308 e. The van der Waals surface area contributed by atoms with Crippen molar-refractivity contribution in [1.29, 1.82) is 0 Å². The third-order valence-electron chi connectivity index (χ3n) is 4.68. The maximum atomic E-state index is 12.1. The van der Waals surface area contributed by atoms with Gasteiger partial charge in [0.2, 0.25) is 0 Å². The molecule has 2 aliphatic carbocycles. The summed E-state index contributed by atoms with van der Waals surface area (Å²) >= 11 is 0.